The van der Waals surface area contributed by atoms with Gasteiger partial charge >= 0.3 is 5.97 Å². The van der Waals surface area contributed by atoms with Crippen molar-refractivity contribution in [2.45, 2.75) is 6.92 Å². The molecule has 0 rings (SSSR count). The van der Waals surface area contributed by atoms with Crippen molar-refractivity contribution < 1.29 is 14.6 Å². The average Bonchev–Trinajstić information content (AvgIpc) is 1.88. The van der Waals surface area contributed by atoms with Crippen molar-refractivity contribution in [3.8, 4) is 0 Å². The number of carbonyl (C=O) groups is 1. The predicted molar refractivity (Wildman–Crippen MR) is 36.8 cm³/mol. The molecule has 0 aromatic rings. The Hall–Kier alpha value is -1.05. The Labute approximate surface area is 59.6 Å². The van der Waals surface area contributed by atoms with Gasteiger partial charge in [0, 0.05) is 7.11 Å². The van der Waals surface area contributed by atoms with E-state index in [1.54, 1.807) is 0 Å². The Morgan fingerprint density at radius 2 is 2.40 bits per heavy atom. The fourth-order valence-electron chi connectivity index (χ4n) is 0.340. The van der Waals surface area contributed by atoms with E-state index < -0.39 is 5.97 Å². The molecule has 0 heterocycles. The van der Waals surface area contributed by atoms with E-state index in [2.05, 4.69) is 10.5 Å². The molecular formula is C7H10O3. The van der Waals surface area contributed by atoms with Gasteiger partial charge in [-0.1, -0.05) is 0 Å². The van der Waals surface area contributed by atoms with E-state index in [1.165, 1.54) is 20.1 Å². The molecule has 3 heteroatoms. The van der Waals surface area contributed by atoms with Gasteiger partial charge < -0.3 is 9.84 Å². The lowest BCUT2D eigenvalue weighted by Gasteiger charge is -1.85. The molecular weight excluding hydrogens is 132 g/mol. The molecule has 0 aliphatic rings. The molecule has 56 valence electrons. The highest BCUT2D eigenvalue weighted by Gasteiger charge is 1.94. The summed E-state index contributed by atoms with van der Waals surface area (Å²) in [5, 5.41) is 8.32. The molecule has 0 spiro atoms. The number of aliphatic carboxylic acids is 1. The number of ether oxygens (including phenoxy) is 1. The Balaban J connectivity index is 4.01. The number of carboxylic acid groups (broad SMARTS) is 1. The fourth-order valence-corrected chi connectivity index (χ4v) is 0.340. The van der Waals surface area contributed by atoms with Crippen LogP contribution in [0.25, 0.3) is 0 Å². The highest BCUT2D eigenvalue weighted by Crippen LogP contribution is 1.86. The highest BCUT2D eigenvalue weighted by atomic mass is 16.5. The van der Waals surface area contributed by atoms with Crippen LogP contribution in [0.1, 0.15) is 6.92 Å². The van der Waals surface area contributed by atoms with Crippen LogP contribution in [0.4, 0.5) is 0 Å². The quantitative estimate of drug-likeness (QED) is 0.468. The van der Waals surface area contributed by atoms with Crippen molar-refractivity contribution in [1.82, 2.24) is 0 Å². The monoisotopic (exact) mass is 142 g/mol. The van der Waals surface area contributed by atoms with E-state index in [9.17, 15) is 4.79 Å². The average molecular weight is 142 g/mol. The number of rotatable bonds is 3. The lowest BCUT2D eigenvalue weighted by Crippen LogP contribution is -1.93. The summed E-state index contributed by atoms with van der Waals surface area (Å²) >= 11 is 0. The smallest absolute Gasteiger partial charge is 0.339 e. The molecule has 0 aliphatic carbocycles. The van der Waals surface area contributed by atoms with Crippen molar-refractivity contribution in [2.75, 3.05) is 13.7 Å². The maximum Gasteiger partial charge on any atom is 0.339 e. The molecule has 0 atom stereocenters. The third-order valence-corrected chi connectivity index (χ3v) is 0.889. The summed E-state index contributed by atoms with van der Waals surface area (Å²) in [6.45, 7) is 1.87. The maximum absolute atomic E-state index is 10.1. The number of hydrogen-bond acceptors (Lipinski definition) is 2. The first-order valence-electron chi connectivity index (χ1n) is 2.82. The van der Waals surface area contributed by atoms with Crippen molar-refractivity contribution in [3.05, 3.63) is 17.4 Å². The van der Waals surface area contributed by atoms with Crippen molar-refractivity contribution in [2.24, 2.45) is 0 Å². The van der Waals surface area contributed by atoms with Crippen molar-refractivity contribution in [1.29, 1.82) is 0 Å². The molecule has 0 aromatic carbocycles. The number of hydrogen-bond donors (Lipinski definition) is 1. The Morgan fingerprint density at radius 3 is 2.80 bits per heavy atom. The Kier molecular flexibility index (Phi) is 4.29. The SMILES string of the molecule is COCC=C=C(C)C(=O)O. The van der Waals surface area contributed by atoms with Gasteiger partial charge in [-0.15, -0.1) is 5.73 Å². The summed E-state index contributed by atoms with van der Waals surface area (Å²) < 4.78 is 4.65. The van der Waals surface area contributed by atoms with Gasteiger partial charge in [-0.05, 0) is 13.0 Å². The van der Waals surface area contributed by atoms with Crippen LogP contribution < -0.4 is 0 Å². The summed E-state index contributed by atoms with van der Waals surface area (Å²) in [4.78, 5) is 10.1. The van der Waals surface area contributed by atoms with E-state index in [0.717, 1.165) is 0 Å². The number of carboxylic acids is 1. The largest absolute Gasteiger partial charge is 0.477 e. The van der Waals surface area contributed by atoms with Gasteiger partial charge in [-0.3, -0.25) is 0 Å². The predicted octanol–water partition coefficient (Wildman–Crippen LogP) is 0.819. The van der Waals surface area contributed by atoms with E-state index in [4.69, 9.17) is 5.11 Å². The standard InChI is InChI=1S/C7H10O3/c1-6(7(8)9)4-3-5-10-2/h3H,5H2,1-2H3,(H,8,9). The van der Waals surface area contributed by atoms with Gasteiger partial charge in [0.15, 0.2) is 0 Å². The molecule has 3 nitrogen and oxygen atoms in total. The molecule has 0 saturated heterocycles. The minimum Gasteiger partial charge on any atom is -0.477 e. The van der Waals surface area contributed by atoms with E-state index in [0.29, 0.717) is 6.61 Å². The molecule has 0 bridgehead atoms. The van der Waals surface area contributed by atoms with Gasteiger partial charge in [-0.25, -0.2) is 4.79 Å². The second-order valence-electron chi connectivity index (χ2n) is 1.73. The van der Waals surface area contributed by atoms with Crippen LogP contribution in [0.3, 0.4) is 0 Å². The normalized spacial score (nSPS) is 8.20. The minimum atomic E-state index is -0.952. The first kappa shape index (κ1) is 8.95. The maximum atomic E-state index is 10.1. The second kappa shape index (κ2) is 4.79. The molecule has 0 aromatic heterocycles. The lowest BCUT2D eigenvalue weighted by molar-refractivity contribution is -0.132. The molecule has 0 aliphatic heterocycles. The third-order valence-electron chi connectivity index (χ3n) is 0.889. The first-order chi connectivity index (χ1) is 4.68. The first-order valence-corrected chi connectivity index (χ1v) is 2.82. The van der Waals surface area contributed by atoms with Crippen molar-refractivity contribution in [3.63, 3.8) is 0 Å². The molecule has 0 radical (unpaired) electrons. The van der Waals surface area contributed by atoms with E-state index >= 15 is 0 Å². The Morgan fingerprint density at radius 1 is 1.80 bits per heavy atom. The number of methoxy groups -OCH3 is 1. The summed E-state index contributed by atoms with van der Waals surface area (Å²) in [6.07, 6.45) is 1.53. The zero-order valence-electron chi connectivity index (χ0n) is 6.05. The van der Waals surface area contributed by atoms with Gasteiger partial charge in [0.2, 0.25) is 0 Å². The van der Waals surface area contributed by atoms with Crippen LogP contribution in [0.5, 0.6) is 0 Å². The summed E-state index contributed by atoms with van der Waals surface area (Å²) in [5.41, 5.74) is 2.74. The molecule has 0 unspecified atom stereocenters. The summed E-state index contributed by atoms with van der Waals surface area (Å²) in [5.74, 6) is -0.952. The zero-order valence-corrected chi connectivity index (χ0v) is 6.05. The minimum absolute atomic E-state index is 0.192. The molecule has 1 N–H and O–H groups in total. The topological polar surface area (TPSA) is 46.5 Å². The Bertz CT molecular complexity index is 175. The van der Waals surface area contributed by atoms with Gasteiger partial charge in [0.25, 0.3) is 0 Å². The van der Waals surface area contributed by atoms with Crippen LogP contribution in [-0.2, 0) is 9.53 Å². The third kappa shape index (κ3) is 3.89. The van der Waals surface area contributed by atoms with Crippen LogP contribution >= 0.6 is 0 Å². The van der Waals surface area contributed by atoms with Gasteiger partial charge in [0.05, 0.1) is 12.2 Å². The molecule has 0 fully saturated rings. The molecule has 10 heavy (non-hydrogen) atoms. The van der Waals surface area contributed by atoms with Crippen LogP contribution in [0.2, 0.25) is 0 Å². The highest BCUT2D eigenvalue weighted by molar-refractivity contribution is 5.85. The fraction of sp³-hybridized carbons (Fsp3) is 0.429. The zero-order chi connectivity index (χ0) is 7.98. The summed E-state index contributed by atoms with van der Waals surface area (Å²) in [6, 6.07) is 0. The van der Waals surface area contributed by atoms with E-state index in [1.807, 2.05) is 0 Å². The van der Waals surface area contributed by atoms with Gasteiger partial charge in [0.1, 0.15) is 0 Å². The lowest BCUT2D eigenvalue weighted by atomic mass is 10.3. The van der Waals surface area contributed by atoms with Crippen molar-refractivity contribution >= 4 is 5.97 Å². The second-order valence-corrected chi connectivity index (χ2v) is 1.73. The summed E-state index contributed by atoms with van der Waals surface area (Å²) in [7, 11) is 1.54. The van der Waals surface area contributed by atoms with E-state index in [-0.39, 0.29) is 5.57 Å². The van der Waals surface area contributed by atoms with Crippen LogP contribution in [-0.4, -0.2) is 24.8 Å². The molecule has 0 saturated carbocycles. The van der Waals surface area contributed by atoms with Crippen LogP contribution in [0.15, 0.2) is 17.4 Å². The molecule has 0 amide bonds. The van der Waals surface area contributed by atoms with Gasteiger partial charge in [-0.2, -0.15) is 0 Å². The van der Waals surface area contributed by atoms with Crippen LogP contribution in [0, 0.1) is 0 Å².